The molecule has 1 atom stereocenters. The molecule has 1 saturated carbocycles. The first kappa shape index (κ1) is 17.7. The summed E-state index contributed by atoms with van der Waals surface area (Å²) in [4.78, 5) is 30.0. The predicted molar refractivity (Wildman–Crippen MR) is 112 cm³/mol. The van der Waals surface area contributed by atoms with Crippen LogP contribution < -0.4 is 11.2 Å². The van der Waals surface area contributed by atoms with Crippen molar-refractivity contribution in [2.75, 3.05) is 0 Å². The molecule has 1 unspecified atom stereocenters. The van der Waals surface area contributed by atoms with Crippen molar-refractivity contribution in [3.05, 3.63) is 75.2 Å². The van der Waals surface area contributed by atoms with Gasteiger partial charge in [-0.1, -0.05) is 30.3 Å². The summed E-state index contributed by atoms with van der Waals surface area (Å²) in [5.41, 5.74) is 3.32. The van der Waals surface area contributed by atoms with Gasteiger partial charge in [0.25, 0.3) is 5.56 Å². The van der Waals surface area contributed by atoms with Crippen LogP contribution in [0.5, 0.6) is 0 Å². The van der Waals surface area contributed by atoms with Gasteiger partial charge in [0, 0.05) is 24.8 Å². The van der Waals surface area contributed by atoms with E-state index in [2.05, 4.69) is 10.1 Å². The van der Waals surface area contributed by atoms with Gasteiger partial charge in [0.05, 0.1) is 23.4 Å². The van der Waals surface area contributed by atoms with Crippen LogP contribution in [0.4, 0.5) is 0 Å². The van der Waals surface area contributed by atoms with Crippen LogP contribution in [0.3, 0.4) is 0 Å². The zero-order valence-corrected chi connectivity index (χ0v) is 16.5. The lowest BCUT2D eigenvalue weighted by atomic mass is 9.93. The van der Waals surface area contributed by atoms with Gasteiger partial charge in [-0.15, -0.1) is 0 Å². The highest BCUT2D eigenvalue weighted by Gasteiger charge is 2.28. The molecule has 3 heterocycles. The Morgan fingerprint density at radius 2 is 1.93 bits per heavy atom. The van der Waals surface area contributed by atoms with E-state index >= 15 is 0 Å². The predicted octanol–water partition coefficient (Wildman–Crippen LogP) is 3.23. The van der Waals surface area contributed by atoms with Gasteiger partial charge < -0.3 is 4.98 Å². The molecule has 0 amide bonds. The molecule has 1 N–H and O–H groups in total. The smallest absolute Gasteiger partial charge is 0.332 e. The molecule has 7 heteroatoms. The van der Waals surface area contributed by atoms with Crippen molar-refractivity contribution in [2.24, 2.45) is 7.05 Å². The van der Waals surface area contributed by atoms with Gasteiger partial charge in [-0.25, -0.2) is 4.79 Å². The molecule has 0 spiro atoms. The summed E-state index contributed by atoms with van der Waals surface area (Å²) in [6.07, 6.45) is 6.43. The van der Waals surface area contributed by atoms with Crippen LogP contribution in [0.2, 0.25) is 0 Å². The van der Waals surface area contributed by atoms with Gasteiger partial charge in [0.1, 0.15) is 5.52 Å². The van der Waals surface area contributed by atoms with Crippen molar-refractivity contribution in [3.63, 3.8) is 0 Å². The highest BCUT2D eigenvalue weighted by molar-refractivity contribution is 5.82. The van der Waals surface area contributed by atoms with Crippen molar-refractivity contribution in [3.8, 4) is 11.3 Å². The van der Waals surface area contributed by atoms with Gasteiger partial charge in [-0.3, -0.25) is 18.6 Å². The van der Waals surface area contributed by atoms with E-state index in [4.69, 9.17) is 0 Å². The van der Waals surface area contributed by atoms with E-state index in [0.717, 1.165) is 36.1 Å². The second-order valence-corrected chi connectivity index (χ2v) is 7.85. The average Bonchev–Trinajstić information content (AvgIpc) is 3.31. The number of nitrogens with zero attached hydrogens (tertiary/aromatic N) is 4. The molecule has 3 aromatic heterocycles. The van der Waals surface area contributed by atoms with Crippen LogP contribution in [0.1, 0.15) is 43.8 Å². The normalized spacial score (nSPS) is 15.5. The van der Waals surface area contributed by atoms with Crippen LogP contribution in [0.25, 0.3) is 22.3 Å². The van der Waals surface area contributed by atoms with Gasteiger partial charge in [0.2, 0.25) is 0 Å². The van der Waals surface area contributed by atoms with Crippen LogP contribution in [-0.2, 0) is 7.05 Å². The van der Waals surface area contributed by atoms with Crippen LogP contribution >= 0.6 is 0 Å². The number of hydrogen-bond acceptors (Lipinski definition) is 3. The summed E-state index contributed by atoms with van der Waals surface area (Å²) in [6.45, 7) is 2.00. The monoisotopic (exact) mass is 389 g/mol. The second-order valence-electron chi connectivity index (χ2n) is 7.85. The van der Waals surface area contributed by atoms with Crippen molar-refractivity contribution >= 4 is 11.0 Å². The number of aromatic nitrogens is 5. The first-order valence-corrected chi connectivity index (χ1v) is 9.98. The maximum atomic E-state index is 13.5. The molecule has 0 saturated heterocycles. The standard InChI is InChI=1S/C22H23N5O2/c1-14(15-7-4-3-5-8-15)26-19-11-18(16-12-23-25(2)13-16)24-20(19)21(28)27(22(26)29)17-9-6-10-17/h3-5,7-8,11-14,17,24H,6,9-10H2,1-2H3. The lowest BCUT2D eigenvalue weighted by Crippen LogP contribution is -2.44. The Balaban J connectivity index is 1.80. The Bertz CT molecular complexity index is 1300. The summed E-state index contributed by atoms with van der Waals surface area (Å²) in [5.74, 6) is 0. The number of rotatable bonds is 4. The van der Waals surface area contributed by atoms with E-state index in [9.17, 15) is 9.59 Å². The summed E-state index contributed by atoms with van der Waals surface area (Å²) < 4.78 is 4.92. The van der Waals surface area contributed by atoms with E-state index in [1.54, 1.807) is 15.4 Å². The average molecular weight is 389 g/mol. The van der Waals surface area contributed by atoms with E-state index in [0.29, 0.717) is 11.0 Å². The van der Waals surface area contributed by atoms with Gasteiger partial charge >= 0.3 is 5.69 Å². The van der Waals surface area contributed by atoms with Crippen molar-refractivity contribution in [2.45, 2.75) is 38.3 Å². The molecule has 1 fully saturated rings. The fourth-order valence-electron chi connectivity index (χ4n) is 4.16. The van der Waals surface area contributed by atoms with Gasteiger partial charge in [-0.2, -0.15) is 5.10 Å². The number of H-pyrrole nitrogens is 1. The zero-order chi connectivity index (χ0) is 20.1. The van der Waals surface area contributed by atoms with Crippen molar-refractivity contribution in [1.29, 1.82) is 0 Å². The number of aryl methyl sites for hydroxylation is 1. The van der Waals surface area contributed by atoms with Crippen LogP contribution in [0.15, 0.2) is 58.4 Å². The van der Waals surface area contributed by atoms with Crippen LogP contribution in [0, 0.1) is 0 Å². The topological polar surface area (TPSA) is 77.6 Å². The molecule has 4 aromatic rings. The minimum absolute atomic E-state index is 0.0150. The molecule has 7 nitrogen and oxygen atoms in total. The molecule has 5 rings (SSSR count). The molecule has 1 aliphatic rings. The lowest BCUT2D eigenvalue weighted by Gasteiger charge is -2.28. The van der Waals surface area contributed by atoms with Gasteiger partial charge in [-0.05, 0) is 37.8 Å². The molecule has 0 radical (unpaired) electrons. The molecule has 1 aliphatic carbocycles. The SMILES string of the molecule is CC(c1ccccc1)n1c(=O)n(C2CCC2)c(=O)c2[nH]c(-c3cnn(C)c3)cc21. The molecular weight excluding hydrogens is 366 g/mol. The second kappa shape index (κ2) is 6.62. The first-order chi connectivity index (χ1) is 14.0. The highest BCUT2D eigenvalue weighted by atomic mass is 16.2. The molecular formula is C22H23N5O2. The number of benzene rings is 1. The van der Waals surface area contributed by atoms with E-state index in [1.165, 1.54) is 4.57 Å². The lowest BCUT2D eigenvalue weighted by molar-refractivity contribution is 0.291. The molecule has 148 valence electrons. The quantitative estimate of drug-likeness (QED) is 0.582. The van der Waals surface area contributed by atoms with Crippen molar-refractivity contribution in [1.82, 2.24) is 23.9 Å². The highest BCUT2D eigenvalue weighted by Crippen LogP contribution is 2.31. The summed E-state index contributed by atoms with van der Waals surface area (Å²) >= 11 is 0. The largest absolute Gasteiger partial charge is 0.349 e. The molecule has 1 aromatic carbocycles. The van der Waals surface area contributed by atoms with Gasteiger partial charge in [0.15, 0.2) is 0 Å². The number of aromatic amines is 1. The Kier molecular flexibility index (Phi) is 4.04. The number of nitrogens with one attached hydrogen (secondary N) is 1. The number of fused-ring (bicyclic) bond motifs is 1. The van der Waals surface area contributed by atoms with E-state index in [-0.39, 0.29) is 23.3 Å². The third-order valence-electron chi connectivity index (χ3n) is 6.03. The molecule has 29 heavy (non-hydrogen) atoms. The minimum atomic E-state index is -0.236. The zero-order valence-electron chi connectivity index (χ0n) is 16.5. The van der Waals surface area contributed by atoms with E-state index in [1.807, 2.05) is 56.6 Å². The van der Waals surface area contributed by atoms with Crippen LogP contribution in [-0.4, -0.2) is 23.9 Å². The summed E-state index contributed by atoms with van der Waals surface area (Å²) in [7, 11) is 1.85. The maximum Gasteiger partial charge on any atom is 0.332 e. The molecule has 0 bridgehead atoms. The first-order valence-electron chi connectivity index (χ1n) is 9.98. The Morgan fingerprint density at radius 1 is 1.17 bits per heavy atom. The third kappa shape index (κ3) is 2.76. The third-order valence-corrected chi connectivity index (χ3v) is 6.03. The van der Waals surface area contributed by atoms with E-state index < -0.39 is 0 Å². The number of hydrogen-bond donors (Lipinski definition) is 1. The Labute approximate surface area is 167 Å². The summed E-state index contributed by atoms with van der Waals surface area (Å²) in [5, 5.41) is 4.22. The fraction of sp³-hybridized carbons (Fsp3) is 0.318. The summed E-state index contributed by atoms with van der Waals surface area (Å²) in [6, 6.07) is 11.6. The minimum Gasteiger partial charge on any atom is -0.349 e. The Hall–Kier alpha value is -3.35. The fourth-order valence-corrected chi connectivity index (χ4v) is 4.16. The van der Waals surface area contributed by atoms with Crippen molar-refractivity contribution < 1.29 is 0 Å². The maximum absolute atomic E-state index is 13.5. The molecule has 0 aliphatic heterocycles. The Morgan fingerprint density at radius 3 is 2.55 bits per heavy atom.